The molecular formula is C21H16F2N4. The summed E-state index contributed by atoms with van der Waals surface area (Å²) in [6.07, 6.45) is 3.40. The maximum Gasteiger partial charge on any atom is 0.163 e. The van der Waals surface area contributed by atoms with Gasteiger partial charge >= 0.3 is 0 Å². The Bertz CT molecular complexity index is 1140. The zero-order chi connectivity index (χ0) is 19.0. The Morgan fingerprint density at radius 1 is 0.963 bits per heavy atom. The topological polar surface area (TPSA) is 50.7 Å². The number of nitrogens with zero attached hydrogens (tertiary/aromatic N) is 3. The number of benzene rings is 2. The molecule has 0 fully saturated rings. The lowest BCUT2D eigenvalue weighted by atomic mass is 9.97. The van der Waals surface area contributed by atoms with Crippen LogP contribution in [0, 0.1) is 18.6 Å². The molecule has 6 heteroatoms. The molecule has 0 amide bonds. The highest BCUT2D eigenvalue weighted by Crippen LogP contribution is 2.33. The summed E-state index contributed by atoms with van der Waals surface area (Å²) in [5.74, 6) is -0.0194. The second kappa shape index (κ2) is 6.72. The zero-order valence-electron chi connectivity index (χ0n) is 14.8. The van der Waals surface area contributed by atoms with Crippen molar-refractivity contribution >= 4 is 16.7 Å². The van der Waals surface area contributed by atoms with E-state index >= 15 is 0 Å². The van der Waals surface area contributed by atoms with Gasteiger partial charge in [-0.05, 0) is 54.4 Å². The van der Waals surface area contributed by atoms with Crippen LogP contribution in [0.4, 0.5) is 14.6 Å². The Morgan fingerprint density at radius 3 is 2.52 bits per heavy atom. The van der Waals surface area contributed by atoms with E-state index in [1.165, 1.54) is 12.1 Å². The number of anilines is 1. The molecule has 4 nitrogen and oxygen atoms in total. The van der Waals surface area contributed by atoms with Crippen molar-refractivity contribution < 1.29 is 8.78 Å². The van der Waals surface area contributed by atoms with Gasteiger partial charge in [0.1, 0.15) is 17.5 Å². The van der Waals surface area contributed by atoms with Crippen molar-refractivity contribution in [2.45, 2.75) is 6.92 Å². The Labute approximate surface area is 154 Å². The number of nitrogens with one attached hydrogen (secondary N) is 1. The van der Waals surface area contributed by atoms with Gasteiger partial charge in [0.25, 0.3) is 0 Å². The van der Waals surface area contributed by atoms with Crippen LogP contribution in [0.1, 0.15) is 5.56 Å². The van der Waals surface area contributed by atoms with E-state index in [-0.39, 0.29) is 0 Å². The fourth-order valence-electron chi connectivity index (χ4n) is 3.09. The molecule has 0 unspecified atom stereocenters. The minimum absolute atomic E-state index is 0.342. The molecule has 0 radical (unpaired) electrons. The lowest BCUT2D eigenvalue weighted by molar-refractivity contribution is 0.585. The van der Waals surface area contributed by atoms with Crippen LogP contribution in [0.15, 0.2) is 54.9 Å². The van der Waals surface area contributed by atoms with Gasteiger partial charge in [-0.15, -0.1) is 0 Å². The molecule has 27 heavy (non-hydrogen) atoms. The van der Waals surface area contributed by atoms with Gasteiger partial charge in [-0.2, -0.15) is 0 Å². The van der Waals surface area contributed by atoms with Crippen LogP contribution >= 0.6 is 0 Å². The van der Waals surface area contributed by atoms with Crippen molar-refractivity contribution in [3.05, 3.63) is 72.1 Å². The molecule has 0 aliphatic carbocycles. The van der Waals surface area contributed by atoms with E-state index in [1.54, 1.807) is 19.4 Å². The summed E-state index contributed by atoms with van der Waals surface area (Å²) in [7, 11) is 1.77. The summed E-state index contributed by atoms with van der Waals surface area (Å²) >= 11 is 0. The highest BCUT2D eigenvalue weighted by atomic mass is 19.1. The van der Waals surface area contributed by atoms with E-state index < -0.39 is 11.6 Å². The van der Waals surface area contributed by atoms with Crippen LogP contribution in [0.5, 0.6) is 0 Å². The SMILES string of the molecule is CNc1nc(-c2cccnc2)nc2cc(C)c(-c3ccc(F)cc3F)cc12. The van der Waals surface area contributed by atoms with E-state index in [9.17, 15) is 8.78 Å². The van der Waals surface area contributed by atoms with E-state index in [4.69, 9.17) is 0 Å². The molecule has 0 aliphatic heterocycles. The summed E-state index contributed by atoms with van der Waals surface area (Å²) in [5.41, 5.74) is 3.40. The van der Waals surface area contributed by atoms with Crippen LogP contribution in [0.3, 0.4) is 0 Å². The first-order chi connectivity index (χ1) is 13.1. The van der Waals surface area contributed by atoms with Crippen molar-refractivity contribution in [3.63, 3.8) is 0 Å². The maximum absolute atomic E-state index is 14.3. The van der Waals surface area contributed by atoms with E-state index in [0.29, 0.717) is 22.8 Å². The Balaban J connectivity index is 1.94. The third kappa shape index (κ3) is 3.10. The molecule has 0 bridgehead atoms. The number of pyridine rings is 1. The smallest absolute Gasteiger partial charge is 0.163 e. The molecule has 0 saturated carbocycles. The van der Waals surface area contributed by atoms with Gasteiger partial charge in [-0.25, -0.2) is 18.7 Å². The van der Waals surface area contributed by atoms with Crippen LogP contribution < -0.4 is 5.32 Å². The maximum atomic E-state index is 14.3. The van der Waals surface area contributed by atoms with Gasteiger partial charge in [0.15, 0.2) is 5.82 Å². The normalized spacial score (nSPS) is 11.0. The number of fused-ring (bicyclic) bond motifs is 1. The summed E-state index contributed by atoms with van der Waals surface area (Å²) < 4.78 is 27.6. The summed E-state index contributed by atoms with van der Waals surface area (Å²) in [4.78, 5) is 13.3. The first kappa shape index (κ1) is 17.0. The Hall–Kier alpha value is -3.41. The molecule has 2 aromatic carbocycles. The van der Waals surface area contributed by atoms with Crippen LogP contribution in [0.25, 0.3) is 33.4 Å². The third-order valence-corrected chi connectivity index (χ3v) is 4.42. The number of halogens is 2. The van der Waals surface area contributed by atoms with Gasteiger partial charge in [0.05, 0.1) is 5.52 Å². The number of hydrogen-bond donors (Lipinski definition) is 1. The quantitative estimate of drug-likeness (QED) is 0.558. The second-order valence-electron chi connectivity index (χ2n) is 6.20. The lowest BCUT2D eigenvalue weighted by Crippen LogP contribution is -2.00. The molecule has 4 rings (SSSR count). The van der Waals surface area contributed by atoms with Crippen molar-refractivity contribution in [1.29, 1.82) is 0 Å². The highest BCUT2D eigenvalue weighted by molar-refractivity contribution is 5.95. The minimum atomic E-state index is -0.602. The fraction of sp³-hybridized carbons (Fsp3) is 0.0952. The molecule has 2 heterocycles. The summed E-state index contributed by atoms with van der Waals surface area (Å²) in [6, 6.07) is 11.0. The molecule has 1 N–H and O–H groups in total. The molecule has 134 valence electrons. The first-order valence-corrected chi connectivity index (χ1v) is 8.43. The molecular weight excluding hydrogens is 346 g/mol. The minimum Gasteiger partial charge on any atom is -0.373 e. The predicted octanol–water partition coefficient (Wildman–Crippen LogP) is 4.99. The molecule has 0 spiro atoms. The van der Waals surface area contributed by atoms with Gasteiger partial charge in [-0.3, -0.25) is 4.98 Å². The number of aromatic nitrogens is 3. The monoisotopic (exact) mass is 362 g/mol. The predicted molar refractivity (Wildman–Crippen MR) is 102 cm³/mol. The number of hydrogen-bond acceptors (Lipinski definition) is 4. The zero-order valence-corrected chi connectivity index (χ0v) is 14.8. The first-order valence-electron chi connectivity index (χ1n) is 8.43. The van der Waals surface area contributed by atoms with Gasteiger partial charge < -0.3 is 5.32 Å². The molecule has 0 atom stereocenters. The van der Waals surface area contributed by atoms with Crippen molar-refractivity contribution in [2.75, 3.05) is 12.4 Å². The average Bonchev–Trinajstić information content (AvgIpc) is 2.67. The van der Waals surface area contributed by atoms with Crippen molar-refractivity contribution in [3.8, 4) is 22.5 Å². The average molecular weight is 362 g/mol. The van der Waals surface area contributed by atoms with Gasteiger partial charge in [0.2, 0.25) is 0 Å². The third-order valence-electron chi connectivity index (χ3n) is 4.42. The fourth-order valence-corrected chi connectivity index (χ4v) is 3.09. The Morgan fingerprint density at radius 2 is 1.81 bits per heavy atom. The summed E-state index contributed by atoms with van der Waals surface area (Å²) in [5, 5.41) is 3.84. The van der Waals surface area contributed by atoms with E-state index in [1.807, 2.05) is 31.2 Å². The van der Waals surface area contributed by atoms with Crippen LogP contribution in [-0.4, -0.2) is 22.0 Å². The van der Waals surface area contributed by atoms with Gasteiger partial charge in [-0.1, -0.05) is 0 Å². The molecule has 0 aliphatic rings. The van der Waals surface area contributed by atoms with Crippen LogP contribution in [0.2, 0.25) is 0 Å². The molecule has 2 aromatic heterocycles. The number of rotatable bonds is 3. The lowest BCUT2D eigenvalue weighted by Gasteiger charge is -2.13. The van der Waals surface area contributed by atoms with Crippen LogP contribution in [-0.2, 0) is 0 Å². The highest BCUT2D eigenvalue weighted by Gasteiger charge is 2.14. The van der Waals surface area contributed by atoms with Gasteiger partial charge in [0, 0.05) is 42.0 Å². The standard InChI is InChI=1S/C21H16F2N4/c1-12-8-19-17(10-16(12)15-6-5-14(22)9-18(15)23)21(24-2)27-20(26-19)13-4-3-7-25-11-13/h3-11H,1-2H3,(H,24,26,27). The Kier molecular flexibility index (Phi) is 4.24. The van der Waals surface area contributed by atoms with E-state index in [0.717, 1.165) is 28.1 Å². The molecule has 4 aromatic rings. The van der Waals surface area contributed by atoms with Crippen molar-refractivity contribution in [2.24, 2.45) is 0 Å². The summed E-state index contributed by atoms with van der Waals surface area (Å²) in [6.45, 7) is 1.88. The number of aryl methyl sites for hydroxylation is 1. The largest absolute Gasteiger partial charge is 0.373 e. The van der Waals surface area contributed by atoms with Crippen molar-refractivity contribution in [1.82, 2.24) is 15.0 Å². The van der Waals surface area contributed by atoms with E-state index in [2.05, 4.69) is 20.3 Å². The second-order valence-corrected chi connectivity index (χ2v) is 6.20. The molecule has 0 saturated heterocycles.